The summed E-state index contributed by atoms with van der Waals surface area (Å²) in [6, 6.07) is 9.12. The van der Waals surface area contributed by atoms with Crippen LogP contribution in [0.25, 0.3) is 5.69 Å². The Balaban J connectivity index is 1.69. The number of carbonyl (C=O) groups excluding carboxylic acids is 1. The number of aromatic nitrogens is 3. The second kappa shape index (κ2) is 9.80. The number of alkyl halides is 3. The molecule has 0 aliphatic carbocycles. The number of hydrogen-bond donors (Lipinski definition) is 0. The molecule has 0 spiro atoms. The molecule has 0 saturated carbocycles. The zero-order chi connectivity index (χ0) is 24.2. The van der Waals surface area contributed by atoms with Crippen LogP contribution in [-0.4, -0.2) is 33.5 Å². The minimum atomic E-state index is -4.47. The average molecular weight is 465 g/mol. The third-order valence-corrected chi connectivity index (χ3v) is 4.68. The van der Waals surface area contributed by atoms with Gasteiger partial charge in [-0.15, -0.1) is 5.10 Å². The van der Waals surface area contributed by atoms with Gasteiger partial charge in [0.2, 0.25) is 0 Å². The van der Waals surface area contributed by atoms with E-state index in [0.29, 0.717) is 11.5 Å². The van der Waals surface area contributed by atoms with E-state index >= 15 is 0 Å². The summed E-state index contributed by atoms with van der Waals surface area (Å²) < 4.78 is 56.5. The highest BCUT2D eigenvalue weighted by Gasteiger charge is 2.30. The molecule has 1 aromatic heterocycles. The largest absolute Gasteiger partial charge is 0.486 e. The number of halogens is 3. The van der Waals surface area contributed by atoms with Crippen molar-refractivity contribution in [2.24, 2.45) is 7.05 Å². The third-order valence-electron chi connectivity index (χ3n) is 4.68. The molecule has 0 aliphatic heterocycles. The van der Waals surface area contributed by atoms with Crippen LogP contribution in [0.15, 0.2) is 47.3 Å². The summed E-state index contributed by atoms with van der Waals surface area (Å²) in [5, 5.41) is 4.18. The first-order chi connectivity index (χ1) is 15.6. The number of rotatable bonds is 8. The van der Waals surface area contributed by atoms with Crippen molar-refractivity contribution in [1.29, 1.82) is 0 Å². The molecule has 3 rings (SSSR count). The predicted molar refractivity (Wildman–Crippen MR) is 111 cm³/mol. The van der Waals surface area contributed by atoms with Crippen LogP contribution in [0.4, 0.5) is 13.2 Å². The lowest BCUT2D eigenvalue weighted by atomic mass is 10.2. The topological polar surface area (TPSA) is 84.6 Å². The molecule has 0 fully saturated rings. The lowest BCUT2D eigenvalue weighted by Gasteiger charge is -2.11. The fourth-order valence-corrected chi connectivity index (χ4v) is 2.92. The van der Waals surface area contributed by atoms with Gasteiger partial charge >= 0.3 is 17.8 Å². The highest BCUT2D eigenvalue weighted by atomic mass is 19.4. The number of ether oxygens (including phenoxy) is 3. The summed E-state index contributed by atoms with van der Waals surface area (Å²) in [4.78, 5) is 23.9. The summed E-state index contributed by atoms with van der Waals surface area (Å²) >= 11 is 0. The van der Waals surface area contributed by atoms with Gasteiger partial charge in [-0.25, -0.2) is 9.59 Å². The maximum atomic E-state index is 12.8. The molecule has 0 unspecified atom stereocenters. The Morgan fingerprint density at radius 3 is 2.39 bits per heavy atom. The van der Waals surface area contributed by atoms with Crippen molar-refractivity contribution in [3.8, 4) is 17.2 Å². The molecule has 2 aromatic carbocycles. The number of aryl methyl sites for hydroxylation is 1. The molecule has 33 heavy (non-hydrogen) atoms. The number of nitrogens with zero attached hydrogens (tertiary/aromatic N) is 3. The Hall–Kier alpha value is -3.76. The molecule has 8 nitrogen and oxygen atoms in total. The van der Waals surface area contributed by atoms with Crippen molar-refractivity contribution < 1.29 is 32.2 Å². The van der Waals surface area contributed by atoms with Crippen molar-refractivity contribution in [2.75, 3.05) is 13.2 Å². The first-order valence-electron chi connectivity index (χ1n) is 9.94. The Morgan fingerprint density at radius 2 is 1.79 bits per heavy atom. The van der Waals surface area contributed by atoms with Gasteiger partial charge in [-0.1, -0.05) is 0 Å². The normalized spacial score (nSPS) is 11.3. The standard InChI is InChI=1S/C22H22F3N3O5/c1-4-31-20(29)13-33-18-10-9-17(11-14(18)2)32-12-19-26-28(21(30)27(19)3)16-7-5-15(6-8-16)22(23,24)25/h5-11H,4,12-13H2,1-3H3. The van der Waals surface area contributed by atoms with E-state index in [1.807, 2.05) is 0 Å². The Kier molecular flexibility index (Phi) is 7.10. The van der Waals surface area contributed by atoms with Crippen LogP contribution < -0.4 is 15.2 Å². The van der Waals surface area contributed by atoms with Gasteiger partial charge in [0.05, 0.1) is 17.9 Å². The molecule has 0 amide bonds. The molecule has 1 heterocycles. The average Bonchev–Trinajstić information content (AvgIpc) is 3.05. The Bertz CT molecular complexity index is 1180. The van der Waals surface area contributed by atoms with E-state index in [2.05, 4.69) is 5.10 Å². The van der Waals surface area contributed by atoms with E-state index in [1.54, 1.807) is 32.0 Å². The van der Waals surface area contributed by atoms with Gasteiger partial charge in [0.1, 0.15) is 18.1 Å². The molecule has 11 heteroatoms. The van der Waals surface area contributed by atoms with Crippen LogP contribution in [-0.2, 0) is 29.4 Å². The predicted octanol–water partition coefficient (Wildman–Crippen LogP) is 3.42. The van der Waals surface area contributed by atoms with Crippen LogP contribution in [0.1, 0.15) is 23.9 Å². The van der Waals surface area contributed by atoms with Crippen LogP contribution >= 0.6 is 0 Å². The van der Waals surface area contributed by atoms with Gasteiger partial charge in [-0.3, -0.25) is 4.57 Å². The van der Waals surface area contributed by atoms with Crippen LogP contribution in [0, 0.1) is 6.92 Å². The number of carbonyl (C=O) groups is 1. The van der Waals surface area contributed by atoms with Crippen molar-refractivity contribution in [3.63, 3.8) is 0 Å². The van der Waals surface area contributed by atoms with Crippen molar-refractivity contribution >= 4 is 5.97 Å². The molecular weight excluding hydrogens is 443 g/mol. The van der Waals surface area contributed by atoms with Gasteiger partial charge in [-0.05, 0) is 61.9 Å². The molecule has 0 radical (unpaired) electrons. The molecule has 176 valence electrons. The smallest absolute Gasteiger partial charge is 0.416 e. The zero-order valence-electron chi connectivity index (χ0n) is 18.2. The van der Waals surface area contributed by atoms with E-state index in [-0.39, 0.29) is 31.3 Å². The number of benzene rings is 2. The van der Waals surface area contributed by atoms with Gasteiger partial charge in [0.15, 0.2) is 12.4 Å². The summed E-state index contributed by atoms with van der Waals surface area (Å²) in [5.41, 5.74) is -0.411. The number of esters is 1. The first-order valence-corrected chi connectivity index (χ1v) is 9.94. The van der Waals surface area contributed by atoms with Crippen molar-refractivity contribution in [3.05, 3.63) is 69.9 Å². The van der Waals surface area contributed by atoms with Gasteiger partial charge in [0, 0.05) is 7.05 Å². The van der Waals surface area contributed by atoms with E-state index < -0.39 is 23.4 Å². The highest BCUT2D eigenvalue weighted by Crippen LogP contribution is 2.29. The van der Waals surface area contributed by atoms with Crippen LogP contribution in [0.5, 0.6) is 11.5 Å². The van der Waals surface area contributed by atoms with Gasteiger partial charge in [0.25, 0.3) is 0 Å². The Morgan fingerprint density at radius 1 is 1.09 bits per heavy atom. The zero-order valence-corrected chi connectivity index (χ0v) is 18.2. The number of hydrogen-bond acceptors (Lipinski definition) is 6. The molecular formula is C22H22F3N3O5. The summed E-state index contributed by atoms with van der Waals surface area (Å²) in [6.45, 7) is 3.49. The van der Waals surface area contributed by atoms with Crippen LogP contribution in [0.3, 0.4) is 0 Å². The second-order valence-corrected chi connectivity index (χ2v) is 7.02. The summed E-state index contributed by atoms with van der Waals surface area (Å²) in [5.74, 6) is 0.781. The van der Waals surface area contributed by atoms with E-state index in [4.69, 9.17) is 14.2 Å². The molecule has 3 aromatic rings. The van der Waals surface area contributed by atoms with E-state index in [1.165, 1.54) is 23.7 Å². The lowest BCUT2D eigenvalue weighted by Crippen LogP contribution is -2.22. The van der Waals surface area contributed by atoms with Crippen molar-refractivity contribution in [2.45, 2.75) is 26.6 Å². The van der Waals surface area contributed by atoms with Gasteiger partial charge < -0.3 is 14.2 Å². The monoisotopic (exact) mass is 465 g/mol. The quantitative estimate of drug-likeness (QED) is 0.474. The van der Waals surface area contributed by atoms with E-state index in [9.17, 15) is 22.8 Å². The minimum Gasteiger partial charge on any atom is -0.486 e. The molecule has 0 N–H and O–H groups in total. The SMILES string of the molecule is CCOC(=O)COc1ccc(OCc2nn(-c3ccc(C(F)(F)F)cc3)c(=O)n2C)cc1C. The molecule has 0 bridgehead atoms. The summed E-state index contributed by atoms with van der Waals surface area (Å²) in [7, 11) is 1.49. The first kappa shape index (κ1) is 23.9. The lowest BCUT2D eigenvalue weighted by molar-refractivity contribution is -0.145. The highest BCUT2D eigenvalue weighted by molar-refractivity contribution is 5.71. The van der Waals surface area contributed by atoms with Crippen molar-refractivity contribution in [1.82, 2.24) is 14.3 Å². The molecule has 0 saturated heterocycles. The molecule has 0 atom stereocenters. The third kappa shape index (κ3) is 5.73. The minimum absolute atomic E-state index is 0.0537. The second-order valence-electron chi connectivity index (χ2n) is 7.02. The Labute approximate surface area is 187 Å². The van der Waals surface area contributed by atoms with Crippen LogP contribution in [0.2, 0.25) is 0 Å². The summed E-state index contributed by atoms with van der Waals surface area (Å²) in [6.07, 6.45) is -4.47. The maximum absolute atomic E-state index is 12.8. The maximum Gasteiger partial charge on any atom is 0.416 e. The van der Waals surface area contributed by atoms with Gasteiger partial charge in [-0.2, -0.15) is 17.9 Å². The van der Waals surface area contributed by atoms with E-state index in [0.717, 1.165) is 22.4 Å². The fourth-order valence-electron chi connectivity index (χ4n) is 2.92. The fraction of sp³-hybridized carbons (Fsp3) is 0.318. The molecule has 0 aliphatic rings.